The number of thiazole rings is 1. The fourth-order valence-corrected chi connectivity index (χ4v) is 3.68. The van der Waals surface area contributed by atoms with Gasteiger partial charge in [0.15, 0.2) is 0 Å². The van der Waals surface area contributed by atoms with Crippen LogP contribution in [-0.2, 0) is 0 Å². The number of rotatable bonds is 3. The molecule has 0 saturated carbocycles. The maximum atomic E-state index is 12.3. The Bertz CT molecular complexity index is 850. The third-order valence-corrected chi connectivity index (χ3v) is 5.28. The Hall–Kier alpha value is -2.67. The van der Waals surface area contributed by atoms with E-state index in [1.807, 2.05) is 29.5 Å². The molecule has 0 spiro atoms. The summed E-state index contributed by atoms with van der Waals surface area (Å²) in [5.74, 6) is 0.961. The molecule has 0 unspecified atom stereocenters. The summed E-state index contributed by atoms with van der Waals surface area (Å²) < 4.78 is 4.99. The van der Waals surface area contributed by atoms with Crippen LogP contribution in [-0.4, -0.2) is 47.0 Å². The van der Waals surface area contributed by atoms with E-state index in [0.717, 1.165) is 35.2 Å². The van der Waals surface area contributed by atoms with Gasteiger partial charge in [-0.15, -0.1) is 11.3 Å². The first-order valence-corrected chi connectivity index (χ1v) is 9.03. The van der Waals surface area contributed by atoms with E-state index in [2.05, 4.69) is 20.9 Å². The standard InChI is InChI=1S/C18H18N4O2S/c1-13-12-25-17(20-13)14-2-3-16(19-10-14)21-5-7-22(8-6-21)18(23)15-4-9-24-11-15/h2-4,9-12H,5-8H2,1H3. The van der Waals surface area contributed by atoms with Gasteiger partial charge in [0, 0.05) is 49.0 Å². The lowest BCUT2D eigenvalue weighted by molar-refractivity contribution is 0.0746. The number of piperazine rings is 1. The van der Waals surface area contributed by atoms with E-state index < -0.39 is 0 Å². The summed E-state index contributed by atoms with van der Waals surface area (Å²) in [7, 11) is 0. The van der Waals surface area contributed by atoms with E-state index in [0.29, 0.717) is 18.7 Å². The normalized spacial score (nSPS) is 14.8. The highest BCUT2D eigenvalue weighted by Crippen LogP contribution is 2.24. The van der Waals surface area contributed by atoms with Crippen molar-refractivity contribution in [2.75, 3.05) is 31.1 Å². The second-order valence-electron chi connectivity index (χ2n) is 5.99. The molecule has 1 aliphatic heterocycles. The number of carbonyl (C=O) groups excluding carboxylic acids is 1. The molecule has 1 saturated heterocycles. The highest BCUT2D eigenvalue weighted by molar-refractivity contribution is 7.13. The molecule has 0 atom stereocenters. The number of nitrogens with zero attached hydrogens (tertiary/aromatic N) is 4. The molecule has 0 aromatic carbocycles. The van der Waals surface area contributed by atoms with Crippen LogP contribution in [0.2, 0.25) is 0 Å². The molecule has 0 bridgehead atoms. The van der Waals surface area contributed by atoms with Crippen LogP contribution in [0.5, 0.6) is 0 Å². The van der Waals surface area contributed by atoms with Crippen molar-refractivity contribution in [3.05, 3.63) is 53.6 Å². The molecule has 1 aliphatic rings. The summed E-state index contributed by atoms with van der Waals surface area (Å²) in [5, 5.41) is 3.03. The average molecular weight is 354 g/mol. The molecule has 0 radical (unpaired) electrons. The Morgan fingerprint density at radius 3 is 2.64 bits per heavy atom. The van der Waals surface area contributed by atoms with Gasteiger partial charge in [0.2, 0.25) is 0 Å². The summed E-state index contributed by atoms with van der Waals surface area (Å²) in [6.45, 7) is 4.89. The number of aryl methyl sites for hydroxylation is 1. The number of anilines is 1. The molecule has 128 valence electrons. The Kier molecular flexibility index (Phi) is 4.23. The molecule has 3 aromatic rings. The number of amides is 1. The van der Waals surface area contributed by atoms with Crippen LogP contribution in [0.3, 0.4) is 0 Å². The predicted octanol–water partition coefficient (Wildman–Crippen LogP) is 3.07. The minimum atomic E-state index is 0.0239. The van der Waals surface area contributed by atoms with Gasteiger partial charge in [-0.1, -0.05) is 0 Å². The molecule has 3 aromatic heterocycles. The van der Waals surface area contributed by atoms with E-state index in [-0.39, 0.29) is 5.91 Å². The predicted molar refractivity (Wildman–Crippen MR) is 96.9 cm³/mol. The Morgan fingerprint density at radius 2 is 2.04 bits per heavy atom. The van der Waals surface area contributed by atoms with Gasteiger partial charge in [0.1, 0.15) is 17.1 Å². The van der Waals surface area contributed by atoms with Crippen LogP contribution in [0.1, 0.15) is 16.1 Å². The topological polar surface area (TPSA) is 62.5 Å². The Balaban J connectivity index is 1.40. The second kappa shape index (κ2) is 6.68. The van der Waals surface area contributed by atoms with Crippen molar-refractivity contribution in [2.24, 2.45) is 0 Å². The summed E-state index contributed by atoms with van der Waals surface area (Å²) in [6.07, 6.45) is 4.89. The third-order valence-electron chi connectivity index (χ3n) is 4.27. The fourth-order valence-electron chi connectivity index (χ4n) is 2.89. The van der Waals surface area contributed by atoms with Crippen LogP contribution < -0.4 is 4.90 Å². The minimum absolute atomic E-state index is 0.0239. The van der Waals surface area contributed by atoms with Gasteiger partial charge in [-0.2, -0.15) is 0 Å². The Labute approximate surface area is 149 Å². The monoisotopic (exact) mass is 354 g/mol. The lowest BCUT2D eigenvalue weighted by atomic mass is 10.2. The second-order valence-corrected chi connectivity index (χ2v) is 6.85. The third kappa shape index (κ3) is 3.28. The van der Waals surface area contributed by atoms with E-state index >= 15 is 0 Å². The highest BCUT2D eigenvalue weighted by Gasteiger charge is 2.23. The number of furan rings is 1. The molecular formula is C18H18N4O2S. The zero-order valence-corrected chi connectivity index (χ0v) is 14.7. The number of hydrogen-bond donors (Lipinski definition) is 0. The van der Waals surface area contributed by atoms with Gasteiger partial charge in [-0.3, -0.25) is 4.79 Å². The number of carbonyl (C=O) groups is 1. The van der Waals surface area contributed by atoms with Gasteiger partial charge in [-0.05, 0) is 25.1 Å². The highest BCUT2D eigenvalue weighted by atomic mass is 32.1. The van der Waals surface area contributed by atoms with Crippen molar-refractivity contribution in [2.45, 2.75) is 6.92 Å². The lowest BCUT2D eigenvalue weighted by Crippen LogP contribution is -2.49. The number of hydrogen-bond acceptors (Lipinski definition) is 6. The van der Waals surface area contributed by atoms with E-state index in [1.165, 1.54) is 12.5 Å². The average Bonchev–Trinajstić information content (AvgIpc) is 3.33. The van der Waals surface area contributed by atoms with Crippen molar-refractivity contribution in [3.63, 3.8) is 0 Å². The van der Waals surface area contributed by atoms with Gasteiger partial charge in [0.05, 0.1) is 11.8 Å². The van der Waals surface area contributed by atoms with Crippen molar-refractivity contribution in [1.82, 2.24) is 14.9 Å². The van der Waals surface area contributed by atoms with E-state index in [4.69, 9.17) is 4.42 Å². The van der Waals surface area contributed by atoms with Crippen molar-refractivity contribution in [1.29, 1.82) is 0 Å². The molecule has 25 heavy (non-hydrogen) atoms. The quantitative estimate of drug-likeness (QED) is 0.723. The van der Waals surface area contributed by atoms with Crippen LogP contribution in [0.25, 0.3) is 10.6 Å². The molecule has 1 amide bonds. The van der Waals surface area contributed by atoms with Gasteiger partial charge >= 0.3 is 0 Å². The van der Waals surface area contributed by atoms with Gasteiger partial charge < -0.3 is 14.2 Å². The van der Waals surface area contributed by atoms with Crippen molar-refractivity contribution in [3.8, 4) is 10.6 Å². The van der Waals surface area contributed by atoms with Crippen molar-refractivity contribution >= 4 is 23.1 Å². The molecule has 0 N–H and O–H groups in total. The smallest absolute Gasteiger partial charge is 0.257 e. The SMILES string of the molecule is Cc1csc(-c2ccc(N3CCN(C(=O)c4ccoc4)CC3)nc2)n1. The summed E-state index contributed by atoms with van der Waals surface area (Å²) >= 11 is 1.63. The maximum absolute atomic E-state index is 12.3. The molecular weight excluding hydrogens is 336 g/mol. The number of aromatic nitrogens is 2. The molecule has 4 rings (SSSR count). The first kappa shape index (κ1) is 15.8. The van der Waals surface area contributed by atoms with Gasteiger partial charge in [-0.25, -0.2) is 9.97 Å². The minimum Gasteiger partial charge on any atom is -0.472 e. The van der Waals surface area contributed by atoms with Crippen LogP contribution >= 0.6 is 11.3 Å². The van der Waals surface area contributed by atoms with E-state index in [1.54, 1.807) is 17.4 Å². The van der Waals surface area contributed by atoms with E-state index in [9.17, 15) is 4.79 Å². The van der Waals surface area contributed by atoms with Crippen LogP contribution in [0, 0.1) is 6.92 Å². The summed E-state index contributed by atoms with van der Waals surface area (Å²) in [4.78, 5) is 25.5. The maximum Gasteiger partial charge on any atom is 0.257 e. The molecule has 7 heteroatoms. The Morgan fingerprint density at radius 1 is 1.20 bits per heavy atom. The number of pyridine rings is 1. The van der Waals surface area contributed by atoms with Crippen LogP contribution in [0.15, 0.2) is 46.7 Å². The molecule has 0 aliphatic carbocycles. The van der Waals surface area contributed by atoms with Crippen molar-refractivity contribution < 1.29 is 9.21 Å². The fraction of sp³-hybridized carbons (Fsp3) is 0.278. The zero-order chi connectivity index (χ0) is 17.2. The first-order chi connectivity index (χ1) is 12.2. The van der Waals surface area contributed by atoms with Gasteiger partial charge in [0.25, 0.3) is 5.91 Å². The lowest BCUT2D eigenvalue weighted by Gasteiger charge is -2.35. The first-order valence-electron chi connectivity index (χ1n) is 8.16. The van der Waals surface area contributed by atoms with Crippen LogP contribution in [0.4, 0.5) is 5.82 Å². The molecule has 4 heterocycles. The largest absolute Gasteiger partial charge is 0.472 e. The molecule has 1 fully saturated rings. The zero-order valence-electron chi connectivity index (χ0n) is 13.9. The molecule has 6 nitrogen and oxygen atoms in total. The summed E-state index contributed by atoms with van der Waals surface area (Å²) in [5.41, 5.74) is 2.67. The summed E-state index contributed by atoms with van der Waals surface area (Å²) in [6, 6.07) is 5.79.